The van der Waals surface area contributed by atoms with Crippen molar-refractivity contribution in [1.82, 2.24) is 5.32 Å². The first-order valence-corrected chi connectivity index (χ1v) is 9.09. The van der Waals surface area contributed by atoms with Gasteiger partial charge in [0.2, 0.25) is 0 Å². The second kappa shape index (κ2) is 7.09. The summed E-state index contributed by atoms with van der Waals surface area (Å²) >= 11 is 6.08. The van der Waals surface area contributed by atoms with E-state index in [-0.39, 0.29) is 23.7 Å². The third-order valence-electron chi connectivity index (χ3n) is 5.15. The third-order valence-corrected chi connectivity index (χ3v) is 5.39. The van der Waals surface area contributed by atoms with E-state index in [4.69, 9.17) is 16.3 Å². The Bertz CT molecular complexity index is 755. The molecule has 0 aliphatic carbocycles. The molecule has 4 heteroatoms. The van der Waals surface area contributed by atoms with Gasteiger partial charge < -0.3 is 10.1 Å². The molecule has 0 saturated carbocycles. The first-order valence-electron chi connectivity index (χ1n) is 8.71. The SMILES string of the molecule is CCC(C)(C)c1ccc(CC2NC(=O)OC2c2cccc(Cl)c2)cc1. The predicted molar refractivity (Wildman–Crippen MR) is 101 cm³/mol. The summed E-state index contributed by atoms with van der Waals surface area (Å²) in [4.78, 5) is 11.8. The Morgan fingerprint density at radius 3 is 2.52 bits per heavy atom. The summed E-state index contributed by atoms with van der Waals surface area (Å²) < 4.78 is 5.47. The summed E-state index contributed by atoms with van der Waals surface area (Å²) in [5, 5.41) is 3.57. The van der Waals surface area contributed by atoms with Crippen molar-refractivity contribution in [2.24, 2.45) is 0 Å². The van der Waals surface area contributed by atoms with Crippen molar-refractivity contribution < 1.29 is 9.53 Å². The van der Waals surface area contributed by atoms with Crippen molar-refractivity contribution in [3.63, 3.8) is 0 Å². The maximum Gasteiger partial charge on any atom is 0.408 e. The van der Waals surface area contributed by atoms with Crippen molar-refractivity contribution in [2.45, 2.75) is 51.2 Å². The Kier molecular flexibility index (Phi) is 5.05. The number of benzene rings is 2. The van der Waals surface area contributed by atoms with Crippen LogP contribution in [0.3, 0.4) is 0 Å². The minimum absolute atomic E-state index is 0.101. The fourth-order valence-corrected chi connectivity index (χ4v) is 3.35. The normalized spacial score (nSPS) is 20.2. The monoisotopic (exact) mass is 357 g/mol. The van der Waals surface area contributed by atoms with Crippen LogP contribution in [0, 0.1) is 0 Å². The van der Waals surface area contributed by atoms with Crippen molar-refractivity contribution in [1.29, 1.82) is 0 Å². The number of hydrogen-bond donors (Lipinski definition) is 1. The van der Waals surface area contributed by atoms with E-state index in [1.807, 2.05) is 24.3 Å². The maximum atomic E-state index is 11.8. The zero-order valence-corrected chi connectivity index (χ0v) is 15.6. The summed E-state index contributed by atoms with van der Waals surface area (Å²) in [5.74, 6) is 0. The fraction of sp³-hybridized carbons (Fsp3) is 0.381. The second-order valence-corrected chi connectivity index (χ2v) is 7.71. The molecule has 25 heavy (non-hydrogen) atoms. The number of carbonyl (C=O) groups is 1. The van der Waals surface area contributed by atoms with Crippen LogP contribution in [0.15, 0.2) is 48.5 Å². The average Bonchev–Trinajstić information content (AvgIpc) is 2.96. The lowest BCUT2D eigenvalue weighted by Crippen LogP contribution is -2.30. The number of carbonyl (C=O) groups excluding carboxylic acids is 1. The molecular weight excluding hydrogens is 334 g/mol. The Morgan fingerprint density at radius 1 is 1.16 bits per heavy atom. The number of rotatable bonds is 5. The number of amides is 1. The van der Waals surface area contributed by atoms with Gasteiger partial charge in [-0.05, 0) is 47.1 Å². The minimum atomic E-state index is -0.376. The molecule has 2 atom stereocenters. The smallest absolute Gasteiger partial charge is 0.408 e. The van der Waals surface area contributed by atoms with Crippen LogP contribution in [0.1, 0.15) is 50.0 Å². The molecule has 0 aromatic heterocycles. The minimum Gasteiger partial charge on any atom is -0.439 e. The van der Waals surface area contributed by atoms with Gasteiger partial charge in [0.05, 0.1) is 6.04 Å². The van der Waals surface area contributed by atoms with E-state index < -0.39 is 0 Å². The molecule has 1 aliphatic rings. The topological polar surface area (TPSA) is 38.3 Å². The fourth-order valence-electron chi connectivity index (χ4n) is 3.15. The van der Waals surface area contributed by atoms with Gasteiger partial charge in [-0.2, -0.15) is 0 Å². The van der Waals surface area contributed by atoms with Crippen LogP contribution >= 0.6 is 11.6 Å². The summed E-state index contributed by atoms with van der Waals surface area (Å²) in [7, 11) is 0. The summed E-state index contributed by atoms with van der Waals surface area (Å²) in [5.41, 5.74) is 3.60. The number of ether oxygens (including phenoxy) is 1. The quantitative estimate of drug-likeness (QED) is 0.775. The van der Waals surface area contributed by atoms with Crippen LogP contribution in [0.2, 0.25) is 5.02 Å². The van der Waals surface area contributed by atoms with E-state index in [1.54, 1.807) is 0 Å². The number of alkyl carbamates (subject to hydrolysis) is 1. The Morgan fingerprint density at radius 2 is 1.88 bits per heavy atom. The summed E-state index contributed by atoms with van der Waals surface area (Å²) in [6.07, 6.45) is 1.11. The van der Waals surface area contributed by atoms with Crippen molar-refractivity contribution in [3.8, 4) is 0 Å². The molecule has 1 N–H and O–H groups in total. The highest BCUT2D eigenvalue weighted by molar-refractivity contribution is 6.30. The number of nitrogens with one attached hydrogen (secondary N) is 1. The molecule has 2 unspecified atom stereocenters. The van der Waals surface area contributed by atoms with Crippen molar-refractivity contribution in [2.75, 3.05) is 0 Å². The van der Waals surface area contributed by atoms with Crippen LogP contribution in [0.25, 0.3) is 0 Å². The van der Waals surface area contributed by atoms with E-state index in [1.165, 1.54) is 11.1 Å². The molecule has 0 radical (unpaired) electrons. The first kappa shape index (κ1) is 17.8. The Hall–Kier alpha value is -2.00. The predicted octanol–water partition coefficient (Wildman–Crippen LogP) is 5.42. The Labute approximate surface area is 154 Å². The van der Waals surface area contributed by atoms with Gasteiger partial charge in [0.1, 0.15) is 6.10 Å². The average molecular weight is 358 g/mol. The third kappa shape index (κ3) is 3.98. The number of hydrogen-bond acceptors (Lipinski definition) is 2. The van der Waals surface area contributed by atoms with Crippen LogP contribution in [-0.2, 0) is 16.6 Å². The van der Waals surface area contributed by atoms with E-state index in [2.05, 4.69) is 50.4 Å². The Balaban J connectivity index is 1.78. The second-order valence-electron chi connectivity index (χ2n) is 7.27. The number of halogens is 1. The van der Waals surface area contributed by atoms with Gasteiger partial charge in [-0.15, -0.1) is 0 Å². The lowest BCUT2D eigenvalue weighted by Gasteiger charge is -2.24. The molecule has 3 rings (SSSR count). The number of cyclic esters (lactones) is 1. The zero-order chi connectivity index (χ0) is 18.0. The van der Waals surface area contributed by atoms with Gasteiger partial charge in [-0.1, -0.05) is 68.8 Å². The van der Waals surface area contributed by atoms with E-state index in [0.717, 1.165) is 18.4 Å². The largest absolute Gasteiger partial charge is 0.439 e. The molecule has 0 spiro atoms. The van der Waals surface area contributed by atoms with Crippen LogP contribution in [0.4, 0.5) is 4.79 Å². The molecule has 1 fully saturated rings. The molecule has 3 nitrogen and oxygen atoms in total. The van der Waals surface area contributed by atoms with Gasteiger partial charge in [0.25, 0.3) is 0 Å². The summed E-state index contributed by atoms with van der Waals surface area (Å²) in [6, 6.07) is 16.1. The molecule has 1 heterocycles. The highest BCUT2D eigenvalue weighted by atomic mass is 35.5. The van der Waals surface area contributed by atoms with Gasteiger partial charge in [0.15, 0.2) is 0 Å². The highest BCUT2D eigenvalue weighted by Gasteiger charge is 2.35. The van der Waals surface area contributed by atoms with Gasteiger partial charge in [0, 0.05) is 5.02 Å². The first-order chi connectivity index (χ1) is 11.9. The highest BCUT2D eigenvalue weighted by Crippen LogP contribution is 2.31. The molecular formula is C21H24ClNO2. The standard InChI is InChI=1S/C21H24ClNO2/c1-4-21(2,3)16-10-8-14(9-11-16)12-18-19(25-20(24)23-18)15-6-5-7-17(22)13-15/h5-11,13,18-19H,4,12H2,1-3H3,(H,23,24). The molecule has 1 aliphatic heterocycles. The van der Waals surface area contributed by atoms with Gasteiger partial charge in [-0.25, -0.2) is 4.79 Å². The van der Waals surface area contributed by atoms with E-state index in [0.29, 0.717) is 5.02 Å². The molecule has 2 aromatic carbocycles. The van der Waals surface area contributed by atoms with E-state index in [9.17, 15) is 4.79 Å². The zero-order valence-electron chi connectivity index (χ0n) is 14.9. The van der Waals surface area contributed by atoms with Gasteiger partial charge >= 0.3 is 6.09 Å². The molecule has 1 amide bonds. The van der Waals surface area contributed by atoms with Crippen LogP contribution in [-0.4, -0.2) is 12.1 Å². The molecule has 1 saturated heterocycles. The molecule has 132 valence electrons. The van der Waals surface area contributed by atoms with E-state index >= 15 is 0 Å². The van der Waals surface area contributed by atoms with Gasteiger partial charge in [-0.3, -0.25) is 0 Å². The lowest BCUT2D eigenvalue weighted by atomic mass is 9.82. The summed E-state index contributed by atoms with van der Waals surface area (Å²) in [6.45, 7) is 6.71. The molecule has 2 aromatic rings. The molecule has 0 bridgehead atoms. The van der Waals surface area contributed by atoms with Crippen molar-refractivity contribution in [3.05, 3.63) is 70.2 Å². The maximum absolute atomic E-state index is 11.8. The van der Waals surface area contributed by atoms with Crippen LogP contribution in [0.5, 0.6) is 0 Å². The lowest BCUT2D eigenvalue weighted by molar-refractivity contribution is 0.132. The van der Waals surface area contributed by atoms with Crippen LogP contribution < -0.4 is 5.32 Å². The van der Waals surface area contributed by atoms with Crippen molar-refractivity contribution >= 4 is 17.7 Å².